The van der Waals surface area contributed by atoms with Crippen molar-refractivity contribution in [2.24, 2.45) is 0 Å². The van der Waals surface area contributed by atoms with Gasteiger partial charge in [-0.05, 0) is 60.2 Å². The molecule has 0 radical (unpaired) electrons. The van der Waals surface area contributed by atoms with E-state index in [9.17, 15) is 13.2 Å². The highest BCUT2D eigenvalue weighted by atomic mass is 32.2. The zero-order valence-corrected chi connectivity index (χ0v) is 20.1. The number of rotatable bonds is 5. The van der Waals surface area contributed by atoms with Gasteiger partial charge in [0.05, 0.1) is 16.3 Å². The van der Waals surface area contributed by atoms with Crippen molar-refractivity contribution in [1.82, 2.24) is 14.7 Å². The molecule has 0 atom stereocenters. The number of carbonyl (C=O) groups excluding carboxylic acids is 1. The molecule has 0 aliphatic heterocycles. The van der Waals surface area contributed by atoms with Crippen LogP contribution in [0.25, 0.3) is 16.5 Å². The SMILES string of the molecule is Cc1cc(C(=O)Nc2ccc(C(=N)N(C)C)cc2)n(-c2cc3ccccc3cc2S(C)(=O)=O)n1. The summed E-state index contributed by atoms with van der Waals surface area (Å²) in [6.45, 7) is 1.75. The first-order valence-electron chi connectivity index (χ1n) is 10.5. The molecule has 0 bridgehead atoms. The van der Waals surface area contributed by atoms with Crippen LogP contribution >= 0.6 is 0 Å². The Labute approximate surface area is 198 Å². The Morgan fingerprint density at radius 2 is 1.62 bits per heavy atom. The van der Waals surface area contributed by atoms with Gasteiger partial charge in [0.15, 0.2) is 9.84 Å². The number of nitrogens with zero attached hydrogens (tertiary/aromatic N) is 3. The molecule has 0 saturated heterocycles. The molecule has 3 aromatic carbocycles. The summed E-state index contributed by atoms with van der Waals surface area (Å²) in [7, 11) is -0.0203. The molecule has 2 N–H and O–H groups in total. The van der Waals surface area contributed by atoms with Gasteiger partial charge in [-0.1, -0.05) is 24.3 Å². The number of amides is 1. The number of carbonyl (C=O) groups is 1. The lowest BCUT2D eigenvalue weighted by Crippen LogP contribution is -2.22. The Balaban J connectivity index is 1.75. The topological polar surface area (TPSA) is 108 Å². The number of amidine groups is 1. The maximum absolute atomic E-state index is 13.2. The van der Waals surface area contributed by atoms with E-state index in [0.717, 1.165) is 22.6 Å². The van der Waals surface area contributed by atoms with Crippen LogP contribution in [0.1, 0.15) is 21.7 Å². The fourth-order valence-corrected chi connectivity index (χ4v) is 4.55. The molecule has 1 amide bonds. The fourth-order valence-electron chi connectivity index (χ4n) is 3.68. The van der Waals surface area contributed by atoms with Crippen LogP contribution in [0.5, 0.6) is 0 Å². The van der Waals surface area contributed by atoms with Crippen molar-refractivity contribution >= 4 is 38.0 Å². The predicted octanol–water partition coefficient (Wildman–Crippen LogP) is 3.88. The summed E-state index contributed by atoms with van der Waals surface area (Å²) in [5.41, 5.74) is 2.37. The van der Waals surface area contributed by atoms with Gasteiger partial charge in [0.2, 0.25) is 0 Å². The summed E-state index contributed by atoms with van der Waals surface area (Å²) in [6, 6.07) is 19.3. The van der Waals surface area contributed by atoms with Gasteiger partial charge < -0.3 is 10.2 Å². The highest BCUT2D eigenvalue weighted by Crippen LogP contribution is 2.28. The number of fused-ring (bicyclic) bond motifs is 1. The average Bonchev–Trinajstić information content (AvgIpc) is 3.19. The molecule has 4 rings (SSSR count). The fraction of sp³-hybridized carbons (Fsp3) is 0.160. The monoisotopic (exact) mass is 475 g/mol. The second-order valence-corrected chi connectivity index (χ2v) is 10.3. The number of nitrogens with one attached hydrogen (secondary N) is 2. The highest BCUT2D eigenvalue weighted by molar-refractivity contribution is 7.90. The lowest BCUT2D eigenvalue weighted by molar-refractivity contribution is 0.101. The van der Waals surface area contributed by atoms with Gasteiger partial charge in [-0.3, -0.25) is 10.2 Å². The van der Waals surface area contributed by atoms with Gasteiger partial charge >= 0.3 is 0 Å². The van der Waals surface area contributed by atoms with Crippen molar-refractivity contribution in [3.05, 3.63) is 83.7 Å². The molecule has 0 unspecified atom stereocenters. The number of hydrogen-bond acceptors (Lipinski definition) is 5. The summed E-state index contributed by atoms with van der Waals surface area (Å²) >= 11 is 0. The van der Waals surface area contributed by atoms with Crippen LogP contribution in [0.3, 0.4) is 0 Å². The number of benzene rings is 3. The Morgan fingerprint density at radius 3 is 2.21 bits per heavy atom. The Morgan fingerprint density at radius 1 is 1.00 bits per heavy atom. The zero-order valence-electron chi connectivity index (χ0n) is 19.3. The van der Waals surface area contributed by atoms with E-state index in [0.29, 0.717) is 22.9 Å². The molecular formula is C25H25N5O3S. The predicted molar refractivity (Wildman–Crippen MR) is 134 cm³/mol. The van der Waals surface area contributed by atoms with Crippen LogP contribution in [0, 0.1) is 12.3 Å². The van der Waals surface area contributed by atoms with Crippen LogP contribution in [-0.2, 0) is 9.84 Å². The van der Waals surface area contributed by atoms with Gasteiger partial charge in [0.25, 0.3) is 5.91 Å². The summed E-state index contributed by atoms with van der Waals surface area (Å²) in [5.74, 6) is -0.0696. The number of anilines is 1. The molecular weight excluding hydrogens is 450 g/mol. The molecule has 0 aliphatic rings. The number of aromatic nitrogens is 2. The Hall–Kier alpha value is -3.98. The van der Waals surface area contributed by atoms with Crippen molar-refractivity contribution in [2.75, 3.05) is 25.7 Å². The maximum atomic E-state index is 13.2. The third-order valence-corrected chi connectivity index (χ3v) is 6.51. The summed E-state index contributed by atoms with van der Waals surface area (Å²) in [6.07, 6.45) is 1.14. The van der Waals surface area contributed by atoms with Gasteiger partial charge in [-0.2, -0.15) is 5.10 Å². The number of hydrogen-bond donors (Lipinski definition) is 2. The average molecular weight is 476 g/mol. The summed E-state index contributed by atoms with van der Waals surface area (Å²) in [5, 5.41) is 17.0. The van der Waals surface area contributed by atoms with Crippen LogP contribution in [-0.4, -0.2) is 55.2 Å². The van der Waals surface area contributed by atoms with E-state index < -0.39 is 15.7 Å². The van der Waals surface area contributed by atoms with E-state index in [1.807, 2.05) is 24.3 Å². The minimum absolute atomic E-state index is 0.0925. The van der Waals surface area contributed by atoms with Crippen molar-refractivity contribution in [3.8, 4) is 5.69 Å². The first kappa shape index (κ1) is 23.2. The number of sulfone groups is 1. The van der Waals surface area contributed by atoms with Crippen molar-refractivity contribution < 1.29 is 13.2 Å². The molecule has 0 aliphatic carbocycles. The molecule has 0 fully saturated rings. The second-order valence-electron chi connectivity index (χ2n) is 8.30. The molecule has 0 saturated carbocycles. The summed E-state index contributed by atoms with van der Waals surface area (Å²) < 4.78 is 26.6. The van der Waals surface area contributed by atoms with Gasteiger partial charge in [0, 0.05) is 31.6 Å². The normalized spacial score (nSPS) is 11.4. The molecule has 174 valence electrons. The van der Waals surface area contributed by atoms with Gasteiger partial charge in [-0.15, -0.1) is 0 Å². The quantitative estimate of drug-likeness (QED) is 0.336. The first-order valence-corrected chi connectivity index (χ1v) is 12.4. The van der Waals surface area contributed by atoms with Crippen molar-refractivity contribution in [2.45, 2.75) is 11.8 Å². The smallest absolute Gasteiger partial charge is 0.274 e. The van der Waals surface area contributed by atoms with Crippen molar-refractivity contribution in [3.63, 3.8) is 0 Å². The van der Waals surface area contributed by atoms with Gasteiger partial charge in [-0.25, -0.2) is 13.1 Å². The highest BCUT2D eigenvalue weighted by Gasteiger charge is 2.22. The lowest BCUT2D eigenvalue weighted by Gasteiger charge is -2.15. The number of aryl methyl sites for hydroxylation is 1. The molecule has 8 nitrogen and oxygen atoms in total. The third kappa shape index (κ3) is 4.55. The van der Waals surface area contributed by atoms with Crippen LogP contribution in [0.15, 0.2) is 71.6 Å². The van der Waals surface area contributed by atoms with Crippen LogP contribution in [0.4, 0.5) is 5.69 Å². The van der Waals surface area contributed by atoms with E-state index in [-0.39, 0.29) is 10.6 Å². The van der Waals surface area contributed by atoms with Crippen LogP contribution in [0.2, 0.25) is 0 Å². The maximum Gasteiger partial charge on any atom is 0.274 e. The van der Waals surface area contributed by atoms with Crippen LogP contribution < -0.4 is 5.32 Å². The van der Waals surface area contributed by atoms with E-state index >= 15 is 0 Å². The first-order chi connectivity index (χ1) is 16.0. The van der Waals surface area contributed by atoms with Gasteiger partial charge in [0.1, 0.15) is 11.5 Å². The molecule has 0 spiro atoms. The van der Waals surface area contributed by atoms with E-state index in [1.54, 1.807) is 68.4 Å². The molecule has 1 aromatic heterocycles. The zero-order chi connectivity index (χ0) is 24.6. The standard InChI is InChI=1S/C25H25N5O3S/c1-16-13-22(25(31)27-20-11-9-17(10-12-20)24(26)29(2)3)30(28-16)21-14-18-7-5-6-8-19(18)15-23(21)34(4,32)33/h5-15,26H,1-4H3,(H,27,31). The summed E-state index contributed by atoms with van der Waals surface area (Å²) in [4.78, 5) is 15.0. The Kier molecular flexibility index (Phi) is 5.97. The second kappa shape index (κ2) is 8.75. The molecule has 34 heavy (non-hydrogen) atoms. The third-order valence-electron chi connectivity index (χ3n) is 5.38. The minimum Gasteiger partial charge on any atom is -0.363 e. The van der Waals surface area contributed by atoms with Crippen molar-refractivity contribution in [1.29, 1.82) is 5.41 Å². The molecule has 4 aromatic rings. The Bertz CT molecular complexity index is 1520. The van der Waals surface area contributed by atoms with E-state index in [1.165, 1.54) is 4.68 Å². The minimum atomic E-state index is -3.60. The van der Waals surface area contributed by atoms with E-state index in [2.05, 4.69) is 10.4 Å². The molecule has 9 heteroatoms. The largest absolute Gasteiger partial charge is 0.363 e. The lowest BCUT2D eigenvalue weighted by atomic mass is 10.1. The molecule has 1 heterocycles. The van der Waals surface area contributed by atoms with E-state index in [4.69, 9.17) is 5.41 Å².